The molecule has 0 heterocycles. The summed E-state index contributed by atoms with van der Waals surface area (Å²) >= 11 is 0. The second kappa shape index (κ2) is 5.03. The summed E-state index contributed by atoms with van der Waals surface area (Å²) in [5.74, 6) is 0.538. The van der Waals surface area contributed by atoms with Gasteiger partial charge in [-0.25, -0.2) is 0 Å². The zero-order chi connectivity index (χ0) is 10.4. The number of hydrogen-bond acceptors (Lipinski definition) is 2. The highest BCUT2D eigenvalue weighted by atomic mass is 14.8. The molecule has 0 aromatic heterocycles. The molecule has 0 saturated heterocycles. The van der Waals surface area contributed by atoms with E-state index in [1.807, 2.05) is 12.1 Å². The maximum atomic E-state index is 8.60. The molecule has 14 heavy (non-hydrogen) atoms. The molecule has 0 atom stereocenters. The molecule has 72 valence electrons. The molecule has 1 rings (SSSR count). The van der Waals surface area contributed by atoms with Crippen LogP contribution >= 0.6 is 0 Å². The largest absolute Gasteiger partial charge is 0.384 e. The van der Waals surface area contributed by atoms with E-state index in [2.05, 4.69) is 18.0 Å². The van der Waals surface area contributed by atoms with Crippen LogP contribution in [0.15, 0.2) is 29.3 Å². The van der Waals surface area contributed by atoms with Gasteiger partial charge in [-0.3, -0.25) is 4.99 Å². The molecule has 2 N–H and O–H groups in total. The maximum absolute atomic E-state index is 8.60. The summed E-state index contributed by atoms with van der Waals surface area (Å²) < 4.78 is 0. The molecule has 0 bridgehead atoms. The van der Waals surface area contributed by atoms with E-state index < -0.39 is 0 Å². The third kappa shape index (κ3) is 2.60. The number of aliphatic imine (C=N–C) groups is 1. The number of amidine groups is 1. The van der Waals surface area contributed by atoms with Gasteiger partial charge in [-0.05, 0) is 30.7 Å². The number of nitrogens with zero attached hydrogens (tertiary/aromatic N) is 2. The second-order valence-corrected chi connectivity index (χ2v) is 2.96. The van der Waals surface area contributed by atoms with Gasteiger partial charge in [0.15, 0.2) is 0 Å². The molecule has 0 aliphatic rings. The van der Waals surface area contributed by atoms with E-state index in [9.17, 15) is 0 Å². The lowest BCUT2D eigenvalue weighted by molar-refractivity contribution is 0.930. The van der Waals surface area contributed by atoms with E-state index in [-0.39, 0.29) is 0 Å². The maximum Gasteiger partial charge on any atom is 0.125 e. The standard InChI is InChI=1S/C11H13N3/c1-2-7-14-11(13)10-5-3-9(8-12)4-6-10/h3-6H,2,7H2,1H3,(H2,13,14). The Morgan fingerprint density at radius 2 is 2.07 bits per heavy atom. The summed E-state index contributed by atoms with van der Waals surface area (Å²) in [5.41, 5.74) is 7.25. The van der Waals surface area contributed by atoms with E-state index in [0.29, 0.717) is 11.4 Å². The van der Waals surface area contributed by atoms with Crippen LogP contribution in [0.4, 0.5) is 0 Å². The fourth-order valence-electron chi connectivity index (χ4n) is 1.04. The molecule has 0 spiro atoms. The van der Waals surface area contributed by atoms with Crippen molar-refractivity contribution in [2.45, 2.75) is 13.3 Å². The van der Waals surface area contributed by atoms with Gasteiger partial charge >= 0.3 is 0 Å². The van der Waals surface area contributed by atoms with E-state index >= 15 is 0 Å². The Morgan fingerprint density at radius 3 is 2.57 bits per heavy atom. The zero-order valence-corrected chi connectivity index (χ0v) is 8.20. The summed E-state index contributed by atoms with van der Waals surface area (Å²) in [6.45, 7) is 2.79. The summed E-state index contributed by atoms with van der Waals surface area (Å²) in [4.78, 5) is 4.18. The fourth-order valence-corrected chi connectivity index (χ4v) is 1.04. The van der Waals surface area contributed by atoms with Crippen molar-refractivity contribution in [2.24, 2.45) is 10.7 Å². The smallest absolute Gasteiger partial charge is 0.125 e. The SMILES string of the molecule is CCCN=C(N)c1ccc(C#N)cc1. The van der Waals surface area contributed by atoms with Crippen LogP contribution in [0, 0.1) is 11.3 Å². The third-order valence-electron chi connectivity index (χ3n) is 1.82. The van der Waals surface area contributed by atoms with Gasteiger partial charge in [0.05, 0.1) is 11.6 Å². The van der Waals surface area contributed by atoms with Gasteiger partial charge in [-0.15, -0.1) is 0 Å². The van der Waals surface area contributed by atoms with Crippen molar-refractivity contribution in [3.63, 3.8) is 0 Å². The quantitative estimate of drug-likeness (QED) is 0.578. The molecule has 1 aromatic rings. The molecular weight excluding hydrogens is 174 g/mol. The molecule has 1 aromatic carbocycles. The average molecular weight is 187 g/mol. The van der Waals surface area contributed by atoms with Crippen LogP contribution < -0.4 is 5.73 Å². The number of nitrogens with two attached hydrogens (primary N) is 1. The van der Waals surface area contributed by atoms with E-state index in [0.717, 1.165) is 18.5 Å². The van der Waals surface area contributed by atoms with Gasteiger partial charge < -0.3 is 5.73 Å². The lowest BCUT2D eigenvalue weighted by Gasteiger charge is -1.99. The van der Waals surface area contributed by atoms with Gasteiger partial charge in [0.1, 0.15) is 5.84 Å². The molecule has 3 nitrogen and oxygen atoms in total. The van der Waals surface area contributed by atoms with Gasteiger partial charge in [-0.2, -0.15) is 5.26 Å². The Morgan fingerprint density at radius 1 is 1.43 bits per heavy atom. The van der Waals surface area contributed by atoms with E-state index in [1.54, 1.807) is 12.1 Å². The lowest BCUT2D eigenvalue weighted by Crippen LogP contribution is -2.13. The molecule has 0 amide bonds. The Bertz CT molecular complexity index is 357. The average Bonchev–Trinajstić information content (AvgIpc) is 2.26. The Balaban J connectivity index is 2.82. The Hall–Kier alpha value is -1.82. The monoisotopic (exact) mass is 187 g/mol. The van der Waals surface area contributed by atoms with E-state index in [1.165, 1.54) is 0 Å². The van der Waals surface area contributed by atoms with Crippen molar-refractivity contribution in [2.75, 3.05) is 6.54 Å². The predicted octanol–water partition coefficient (Wildman–Crippen LogP) is 1.67. The summed E-state index contributed by atoms with van der Waals surface area (Å²) in [5, 5.41) is 8.60. The third-order valence-corrected chi connectivity index (χ3v) is 1.82. The first kappa shape index (κ1) is 10.3. The van der Waals surface area contributed by atoms with Crippen LogP contribution in [0.25, 0.3) is 0 Å². The van der Waals surface area contributed by atoms with Crippen LogP contribution in [0.3, 0.4) is 0 Å². The predicted molar refractivity (Wildman–Crippen MR) is 57.0 cm³/mol. The molecule has 0 aliphatic heterocycles. The van der Waals surface area contributed by atoms with Crippen LogP contribution in [-0.2, 0) is 0 Å². The number of hydrogen-bond donors (Lipinski definition) is 1. The second-order valence-electron chi connectivity index (χ2n) is 2.96. The number of rotatable bonds is 3. The highest BCUT2D eigenvalue weighted by Gasteiger charge is 1.97. The summed E-state index contributed by atoms with van der Waals surface area (Å²) in [7, 11) is 0. The van der Waals surface area contributed by atoms with Crippen LogP contribution in [0.2, 0.25) is 0 Å². The first-order valence-corrected chi connectivity index (χ1v) is 4.58. The number of nitriles is 1. The molecule has 0 saturated carbocycles. The highest BCUT2D eigenvalue weighted by molar-refractivity contribution is 5.97. The number of benzene rings is 1. The van der Waals surface area contributed by atoms with Gasteiger partial charge in [0.2, 0.25) is 0 Å². The Labute approximate surface area is 83.9 Å². The zero-order valence-electron chi connectivity index (χ0n) is 8.20. The molecular formula is C11H13N3. The van der Waals surface area contributed by atoms with Crippen LogP contribution in [-0.4, -0.2) is 12.4 Å². The Kier molecular flexibility index (Phi) is 3.69. The molecule has 0 aliphatic carbocycles. The lowest BCUT2D eigenvalue weighted by atomic mass is 10.1. The first-order valence-electron chi connectivity index (χ1n) is 4.58. The van der Waals surface area contributed by atoms with Crippen LogP contribution in [0.1, 0.15) is 24.5 Å². The van der Waals surface area contributed by atoms with Gasteiger partial charge in [0, 0.05) is 12.1 Å². The first-order chi connectivity index (χ1) is 6.77. The van der Waals surface area contributed by atoms with Crippen molar-refractivity contribution >= 4 is 5.84 Å². The molecule has 0 unspecified atom stereocenters. The van der Waals surface area contributed by atoms with Crippen molar-refractivity contribution < 1.29 is 0 Å². The van der Waals surface area contributed by atoms with Crippen molar-refractivity contribution in [1.29, 1.82) is 5.26 Å². The van der Waals surface area contributed by atoms with Crippen molar-refractivity contribution in [1.82, 2.24) is 0 Å². The van der Waals surface area contributed by atoms with Crippen LogP contribution in [0.5, 0.6) is 0 Å². The fraction of sp³-hybridized carbons (Fsp3) is 0.273. The minimum Gasteiger partial charge on any atom is -0.384 e. The topological polar surface area (TPSA) is 62.2 Å². The van der Waals surface area contributed by atoms with Gasteiger partial charge in [-0.1, -0.05) is 6.92 Å². The minimum absolute atomic E-state index is 0.538. The van der Waals surface area contributed by atoms with Gasteiger partial charge in [0.25, 0.3) is 0 Å². The minimum atomic E-state index is 0.538. The molecule has 0 fully saturated rings. The highest BCUT2D eigenvalue weighted by Crippen LogP contribution is 2.02. The normalized spacial score (nSPS) is 11.0. The van der Waals surface area contributed by atoms with Crippen molar-refractivity contribution in [3.8, 4) is 6.07 Å². The molecule has 0 radical (unpaired) electrons. The van der Waals surface area contributed by atoms with E-state index in [4.69, 9.17) is 11.0 Å². The summed E-state index contributed by atoms with van der Waals surface area (Å²) in [6.07, 6.45) is 0.983. The summed E-state index contributed by atoms with van der Waals surface area (Å²) in [6, 6.07) is 9.16. The molecule has 3 heteroatoms. The van der Waals surface area contributed by atoms with Crippen molar-refractivity contribution in [3.05, 3.63) is 35.4 Å².